The van der Waals surface area contributed by atoms with Gasteiger partial charge in [-0.3, -0.25) is 4.90 Å². The van der Waals surface area contributed by atoms with Crippen molar-refractivity contribution in [2.24, 2.45) is 0 Å². The summed E-state index contributed by atoms with van der Waals surface area (Å²) >= 11 is 0. The third kappa shape index (κ3) is 1.69. The van der Waals surface area contributed by atoms with E-state index >= 15 is 0 Å². The normalized spacial score (nSPS) is 34.4. The number of fused-ring (bicyclic) bond motifs is 3. The van der Waals surface area contributed by atoms with Gasteiger partial charge in [-0.2, -0.15) is 0 Å². The maximum absolute atomic E-state index is 11.0. The van der Waals surface area contributed by atoms with Crippen LogP contribution in [0.15, 0.2) is 24.0 Å². The average Bonchev–Trinajstić information content (AvgIpc) is 3.21. The molecule has 1 aromatic rings. The summed E-state index contributed by atoms with van der Waals surface area (Å²) in [5.41, 5.74) is 2.33. The predicted molar refractivity (Wildman–Crippen MR) is 83.6 cm³/mol. The van der Waals surface area contributed by atoms with Crippen LogP contribution in [0.25, 0.3) is 0 Å². The molecule has 122 valence electrons. The van der Waals surface area contributed by atoms with Crippen molar-refractivity contribution in [2.75, 3.05) is 27.0 Å². The first-order valence-corrected chi connectivity index (χ1v) is 8.35. The second kappa shape index (κ2) is 4.65. The molecule has 4 aliphatic rings. The highest BCUT2D eigenvalue weighted by atomic mass is 16.7. The summed E-state index contributed by atoms with van der Waals surface area (Å²) < 4.78 is 16.6. The third-order valence-corrected chi connectivity index (χ3v) is 5.99. The molecule has 0 saturated carbocycles. The molecule has 1 unspecified atom stereocenters. The van der Waals surface area contributed by atoms with Crippen LogP contribution in [0.3, 0.4) is 0 Å². The maximum atomic E-state index is 11.0. The Bertz CT molecular complexity index is 701. The molecule has 1 saturated heterocycles. The minimum absolute atomic E-state index is 0.00644. The van der Waals surface area contributed by atoms with Crippen LogP contribution >= 0.6 is 0 Å². The van der Waals surface area contributed by atoms with E-state index < -0.39 is 6.10 Å². The molecule has 1 aromatic carbocycles. The van der Waals surface area contributed by atoms with Gasteiger partial charge < -0.3 is 19.3 Å². The quantitative estimate of drug-likeness (QED) is 0.856. The Morgan fingerprint density at radius 2 is 2.09 bits per heavy atom. The topological polar surface area (TPSA) is 51.2 Å². The van der Waals surface area contributed by atoms with Crippen molar-refractivity contribution >= 4 is 0 Å². The van der Waals surface area contributed by atoms with E-state index in [2.05, 4.69) is 23.1 Å². The first-order valence-electron chi connectivity index (χ1n) is 8.35. The molecule has 5 heteroatoms. The van der Waals surface area contributed by atoms with Crippen LogP contribution in [0.4, 0.5) is 0 Å². The predicted octanol–water partition coefficient (Wildman–Crippen LogP) is 1.79. The fourth-order valence-corrected chi connectivity index (χ4v) is 4.99. The fraction of sp³-hybridized carbons (Fsp3) is 0.556. The maximum Gasteiger partial charge on any atom is 0.231 e. The Hall–Kier alpha value is -1.72. The lowest BCUT2D eigenvalue weighted by molar-refractivity contribution is 0.0782. The van der Waals surface area contributed by atoms with Crippen LogP contribution in [0.1, 0.15) is 29.9 Å². The standard InChI is InChI=1S/C18H21NO4/c1-21-15-9-18-4-2-5-19(18)6-3-11-7-13-14(23-10-22-13)8-12(11)16(18)17(15)20/h7-9,16-17,20H,2-6,10H2,1H3/t16?,17-,18+/m0/s1. The van der Waals surface area contributed by atoms with Gasteiger partial charge in [-0.15, -0.1) is 0 Å². The van der Waals surface area contributed by atoms with Crippen molar-refractivity contribution in [3.05, 3.63) is 35.1 Å². The second-order valence-electron chi connectivity index (χ2n) is 6.91. The van der Waals surface area contributed by atoms with Crippen LogP contribution in [0.2, 0.25) is 0 Å². The summed E-state index contributed by atoms with van der Waals surface area (Å²) in [5.74, 6) is 2.33. The summed E-state index contributed by atoms with van der Waals surface area (Å²) in [4.78, 5) is 2.53. The van der Waals surface area contributed by atoms with Gasteiger partial charge in [0, 0.05) is 12.5 Å². The van der Waals surface area contributed by atoms with Gasteiger partial charge in [0.1, 0.15) is 11.9 Å². The lowest BCUT2D eigenvalue weighted by atomic mass is 9.78. The third-order valence-electron chi connectivity index (χ3n) is 5.99. The number of rotatable bonds is 1. The van der Waals surface area contributed by atoms with Crippen molar-refractivity contribution in [3.8, 4) is 11.5 Å². The Labute approximate surface area is 135 Å². The molecule has 3 aliphatic heterocycles. The molecular weight excluding hydrogens is 294 g/mol. The number of aliphatic hydroxyl groups excluding tert-OH is 1. The van der Waals surface area contributed by atoms with Crippen molar-refractivity contribution in [3.63, 3.8) is 0 Å². The zero-order valence-corrected chi connectivity index (χ0v) is 13.2. The van der Waals surface area contributed by atoms with E-state index in [0.29, 0.717) is 5.76 Å². The molecule has 1 aliphatic carbocycles. The van der Waals surface area contributed by atoms with Gasteiger partial charge in [0.2, 0.25) is 6.79 Å². The van der Waals surface area contributed by atoms with Crippen LogP contribution in [-0.2, 0) is 11.2 Å². The molecule has 0 amide bonds. The summed E-state index contributed by atoms with van der Waals surface area (Å²) in [5, 5.41) is 11.0. The highest BCUT2D eigenvalue weighted by Gasteiger charge is 2.56. The number of hydrogen-bond acceptors (Lipinski definition) is 5. The van der Waals surface area contributed by atoms with Crippen molar-refractivity contribution in [2.45, 2.75) is 36.8 Å². The van der Waals surface area contributed by atoms with Gasteiger partial charge in [0.15, 0.2) is 11.5 Å². The molecule has 3 heterocycles. The highest BCUT2D eigenvalue weighted by Crippen LogP contribution is 2.54. The van der Waals surface area contributed by atoms with E-state index in [4.69, 9.17) is 14.2 Å². The van der Waals surface area contributed by atoms with Crippen LogP contribution in [0, 0.1) is 0 Å². The van der Waals surface area contributed by atoms with Gasteiger partial charge in [0.05, 0.1) is 12.6 Å². The van der Waals surface area contributed by atoms with Crippen molar-refractivity contribution < 1.29 is 19.3 Å². The van der Waals surface area contributed by atoms with E-state index in [9.17, 15) is 5.11 Å². The zero-order chi connectivity index (χ0) is 15.6. The van der Waals surface area contributed by atoms with Gasteiger partial charge in [-0.1, -0.05) is 0 Å². The summed E-state index contributed by atoms with van der Waals surface area (Å²) in [7, 11) is 1.65. The molecule has 1 N–H and O–H groups in total. The Kier molecular flexibility index (Phi) is 2.77. The van der Waals surface area contributed by atoms with Gasteiger partial charge >= 0.3 is 0 Å². The molecule has 1 spiro atoms. The van der Waals surface area contributed by atoms with Crippen molar-refractivity contribution in [1.29, 1.82) is 0 Å². The molecule has 0 aromatic heterocycles. The van der Waals surface area contributed by atoms with Crippen LogP contribution < -0.4 is 9.47 Å². The second-order valence-corrected chi connectivity index (χ2v) is 6.91. The fourth-order valence-electron chi connectivity index (χ4n) is 4.99. The van der Waals surface area contributed by atoms with E-state index in [0.717, 1.165) is 43.9 Å². The summed E-state index contributed by atoms with van der Waals surface area (Å²) in [6.45, 7) is 2.37. The number of methoxy groups -OCH3 is 1. The smallest absolute Gasteiger partial charge is 0.231 e. The lowest BCUT2D eigenvalue weighted by Crippen LogP contribution is -2.46. The SMILES string of the molecule is COC1=C[C@@]23CCCN2CCc2cc4c(cc2C3[C@H]1O)OCO4. The van der Waals surface area contributed by atoms with Crippen molar-refractivity contribution in [1.82, 2.24) is 4.90 Å². The van der Waals surface area contributed by atoms with Gasteiger partial charge in [0.25, 0.3) is 0 Å². The minimum atomic E-state index is -0.599. The molecule has 1 fully saturated rings. The zero-order valence-electron chi connectivity index (χ0n) is 13.2. The van der Waals surface area contributed by atoms with E-state index in [1.54, 1.807) is 7.11 Å². The molecular formula is C18H21NO4. The molecule has 0 radical (unpaired) electrons. The van der Waals surface area contributed by atoms with E-state index in [1.807, 2.05) is 0 Å². The highest BCUT2D eigenvalue weighted by molar-refractivity contribution is 5.54. The van der Waals surface area contributed by atoms with Crippen LogP contribution in [-0.4, -0.2) is 48.6 Å². The molecule has 0 bridgehead atoms. The number of benzene rings is 1. The van der Waals surface area contributed by atoms with Gasteiger partial charge in [-0.25, -0.2) is 0 Å². The number of aliphatic hydroxyl groups is 1. The molecule has 5 rings (SSSR count). The summed E-state index contributed by atoms with van der Waals surface area (Å²) in [6, 6.07) is 4.19. The van der Waals surface area contributed by atoms with E-state index in [1.165, 1.54) is 11.1 Å². The summed E-state index contributed by atoms with van der Waals surface area (Å²) in [6.07, 6.45) is 4.78. The van der Waals surface area contributed by atoms with Crippen LogP contribution in [0.5, 0.6) is 11.5 Å². The monoisotopic (exact) mass is 315 g/mol. The lowest BCUT2D eigenvalue weighted by Gasteiger charge is -2.38. The number of nitrogens with zero attached hydrogens (tertiary/aromatic N) is 1. The first-order chi connectivity index (χ1) is 11.2. The Balaban J connectivity index is 1.70. The molecule has 5 nitrogen and oxygen atoms in total. The molecule has 3 atom stereocenters. The minimum Gasteiger partial charge on any atom is -0.499 e. The number of hydrogen-bond donors (Lipinski definition) is 1. The Morgan fingerprint density at radius 3 is 2.91 bits per heavy atom. The van der Waals surface area contributed by atoms with Gasteiger partial charge in [-0.05, 0) is 55.1 Å². The first kappa shape index (κ1) is 13.7. The van der Waals surface area contributed by atoms with E-state index in [-0.39, 0.29) is 18.2 Å². The largest absolute Gasteiger partial charge is 0.499 e. The molecule has 23 heavy (non-hydrogen) atoms. The average molecular weight is 315 g/mol. The Morgan fingerprint density at radius 1 is 1.26 bits per heavy atom. The number of ether oxygens (including phenoxy) is 3.